The molecule has 3 heterocycles. The Morgan fingerprint density at radius 3 is 2.39 bits per heavy atom. The number of piperazine rings is 1. The van der Waals surface area contributed by atoms with Gasteiger partial charge in [0.1, 0.15) is 6.04 Å². The molecular formula is C21H28N4O3. The first-order valence-electron chi connectivity index (χ1n) is 10.0. The Balaban J connectivity index is 1.47. The van der Waals surface area contributed by atoms with Crippen molar-refractivity contribution < 1.29 is 14.4 Å². The minimum atomic E-state index is -0.559. The van der Waals surface area contributed by atoms with E-state index in [1.165, 1.54) is 0 Å². The number of amides is 3. The maximum atomic E-state index is 12.8. The van der Waals surface area contributed by atoms with Crippen LogP contribution in [0.5, 0.6) is 0 Å². The Morgan fingerprint density at radius 2 is 1.75 bits per heavy atom. The van der Waals surface area contributed by atoms with E-state index in [1.807, 2.05) is 12.1 Å². The van der Waals surface area contributed by atoms with Gasteiger partial charge in [-0.3, -0.25) is 24.6 Å². The molecule has 1 N–H and O–H groups in total. The van der Waals surface area contributed by atoms with Crippen LogP contribution in [-0.2, 0) is 16.1 Å². The van der Waals surface area contributed by atoms with Crippen molar-refractivity contribution in [3.63, 3.8) is 0 Å². The van der Waals surface area contributed by atoms with Gasteiger partial charge in [-0.05, 0) is 51.0 Å². The summed E-state index contributed by atoms with van der Waals surface area (Å²) in [7, 11) is 0. The van der Waals surface area contributed by atoms with E-state index >= 15 is 0 Å². The number of nitrogens with zero attached hydrogens (tertiary/aromatic N) is 3. The number of nitrogens with one attached hydrogen (secondary N) is 1. The van der Waals surface area contributed by atoms with Gasteiger partial charge in [0.25, 0.3) is 5.91 Å². The first kappa shape index (κ1) is 18.9. The van der Waals surface area contributed by atoms with Gasteiger partial charge >= 0.3 is 0 Å². The van der Waals surface area contributed by atoms with Crippen molar-refractivity contribution in [1.82, 2.24) is 15.1 Å². The molecule has 1 atom stereocenters. The van der Waals surface area contributed by atoms with Gasteiger partial charge in [-0.15, -0.1) is 0 Å². The number of imide groups is 1. The number of benzene rings is 1. The molecule has 3 amide bonds. The third-order valence-electron chi connectivity index (χ3n) is 6.10. The molecule has 0 saturated carbocycles. The highest BCUT2D eigenvalue weighted by atomic mass is 16.2. The lowest BCUT2D eigenvalue weighted by atomic mass is 10.0. The highest BCUT2D eigenvalue weighted by Gasteiger charge is 2.39. The molecule has 4 rings (SSSR count). The molecule has 2 saturated heterocycles. The topological polar surface area (TPSA) is 73.0 Å². The van der Waals surface area contributed by atoms with Crippen molar-refractivity contribution >= 4 is 23.4 Å². The normalized spacial score (nSPS) is 23.8. The first-order chi connectivity index (χ1) is 13.2. The van der Waals surface area contributed by atoms with Crippen LogP contribution in [0.1, 0.15) is 49.5 Å². The van der Waals surface area contributed by atoms with Crippen LogP contribution in [0.3, 0.4) is 0 Å². The Kier molecular flexibility index (Phi) is 4.65. The van der Waals surface area contributed by atoms with E-state index in [0.717, 1.165) is 37.4 Å². The zero-order valence-corrected chi connectivity index (χ0v) is 16.8. The fourth-order valence-electron chi connectivity index (χ4n) is 4.39. The minimum absolute atomic E-state index is 0.117. The summed E-state index contributed by atoms with van der Waals surface area (Å²) in [6.45, 7) is 11.1. The van der Waals surface area contributed by atoms with E-state index in [0.29, 0.717) is 18.5 Å². The molecule has 0 spiro atoms. The molecule has 150 valence electrons. The molecule has 3 aliphatic rings. The lowest BCUT2D eigenvalue weighted by molar-refractivity contribution is -0.136. The third kappa shape index (κ3) is 3.39. The van der Waals surface area contributed by atoms with Crippen molar-refractivity contribution in [1.29, 1.82) is 0 Å². The van der Waals surface area contributed by atoms with Crippen LogP contribution in [-0.4, -0.2) is 65.3 Å². The van der Waals surface area contributed by atoms with Crippen molar-refractivity contribution in [2.24, 2.45) is 0 Å². The van der Waals surface area contributed by atoms with Gasteiger partial charge in [0.2, 0.25) is 11.8 Å². The van der Waals surface area contributed by atoms with E-state index in [1.54, 1.807) is 4.90 Å². The molecule has 7 heteroatoms. The molecule has 0 radical (unpaired) electrons. The molecule has 1 aromatic carbocycles. The number of hydrogen-bond acceptors (Lipinski definition) is 5. The molecule has 0 unspecified atom stereocenters. The summed E-state index contributed by atoms with van der Waals surface area (Å²) in [5, 5.41) is 2.35. The molecule has 0 aromatic heterocycles. The summed E-state index contributed by atoms with van der Waals surface area (Å²) >= 11 is 0. The second-order valence-electron chi connectivity index (χ2n) is 8.89. The van der Waals surface area contributed by atoms with E-state index in [9.17, 15) is 14.4 Å². The largest absolute Gasteiger partial charge is 0.369 e. The van der Waals surface area contributed by atoms with Crippen molar-refractivity contribution in [3.8, 4) is 0 Å². The number of hydrogen-bond donors (Lipinski definition) is 1. The van der Waals surface area contributed by atoms with Crippen LogP contribution in [0.15, 0.2) is 18.2 Å². The molecule has 0 bridgehead atoms. The Hall–Kier alpha value is -2.41. The van der Waals surface area contributed by atoms with Crippen LogP contribution in [0.4, 0.5) is 5.69 Å². The molecule has 7 nitrogen and oxygen atoms in total. The lowest BCUT2D eigenvalue weighted by Crippen LogP contribution is -2.53. The molecular weight excluding hydrogens is 356 g/mol. The first-order valence-corrected chi connectivity index (χ1v) is 10.0. The van der Waals surface area contributed by atoms with Crippen molar-refractivity contribution in [3.05, 3.63) is 29.3 Å². The molecule has 28 heavy (non-hydrogen) atoms. The maximum Gasteiger partial charge on any atom is 0.255 e. The van der Waals surface area contributed by atoms with Crippen LogP contribution in [0.2, 0.25) is 0 Å². The SMILES string of the molecule is CC(C)(C)N1CCN(c2ccc3c(c2)CN([C@H]2CCC(=O)NC2=O)C3=O)CC1. The second kappa shape index (κ2) is 6.88. The predicted octanol–water partition coefficient (Wildman–Crippen LogP) is 1.37. The summed E-state index contributed by atoms with van der Waals surface area (Å²) in [4.78, 5) is 42.8. The average Bonchev–Trinajstić information content (AvgIpc) is 2.97. The smallest absolute Gasteiger partial charge is 0.255 e. The van der Waals surface area contributed by atoms with Crippen LogP contribution in [0, 0.1) is 0 Å². The van der Waals surface area contributed by atoms with E-state index in [-0.39, 0.29) is 29.7 Å². The zero-order chi connectivity index (χ0) is 20.1. The molecule has 0 aliphatic carbocycles. The van der Waals surface area contributed by atoms with Gasteiger partial charge in [-0.25, -0.2) is 0 Å². The summed E-state index contributed by atoms with van der Waals surface area (Å²) in [6, 6.07) is 5.43. The monoisotopic (exact) mass is 384 g/mol. The Labute approximate surface area is 165 Å². The minimum Gasteiger partial charge on any atom is -0.369 e. The van der Waals surface area contributed by atoms with Crippen molar-refractivity contribution in [2.45, 2.75) is 51.7 Å². The predicted molar refractivity (Wildman–Crippen MR) is 106 cm³/mol. The fraction of sp³-hybridized carbons (Fsp3) is 0.571. The standard InChI is InChI=1S/C21H28N4O3/c1-21(2,3)24-10-8-23(9-11-24)15-4-5-16-14(12-15)13-25(20(16)28)17-6-7-18(26)22-19(17)27/h4-5,12,17H,6-11,13H2,1-3H3,(H,22,26,27)/t17-/m0/s1. The second-order valence-corrected chi connectivity index (χ2v) is 8.89. The number of anilines is 1. The van der Waals surface area contributed by atoms with Gasteiger partial charge < -0.3 is 9.80 Å². The summed E-state index contributed by atoms with van der Waals surface area (Å²) < 4.78 is 0. The van der Waals surface area contributed by atoms with Crippen LogP contribution >= 0.6 is 0 Å². The lowest BCUT2D eigenvalue weighted by Gasteiger charge is -2.43. The van der Waals surface area contributed by atoms with E-state index < -0.39 is 6.04 Å². The van der Waals surface area contributed by atoms with Crippen LogP contribution in [0.25, 0.3) is 0 Å². The van der Waals surface area contributed by atoms with Gasteiger partial charge in [-0.2, -0.15) is 0 Å². The average molecular weight is 384 g/mol. The number of carbonyl (C=O) groups excluding carboxylic acids is 3. The summed E-state index contributed by atoms with van der Waals surface area (Å²) in [6.07, 6.45) is 0.672. The van der Waals surface area contributed by atoms with Gasteiger partial charge in [0.15, 0.2) is 0 Å². The Bertz CT molecular complexity index is 821. The van der Waals surface area contributed by atoms with Gasteiger partial charge in [-0.1, -0.05) is 0 Å². The molecule has 2 fully saturated rings. The van der Waals surface area contributed by atoms with Gasteiger partial charge in [0, 0.05) is 55.9 Å². The summed E-state index contributed by atoms with van der Waals surface area (Å²) in [5.74, 6) is -0.744. The number of carbonyl (C=O) groups is 3. The zero-order valence-electron chi connectivity index (χ0n) is 16.8. The van der Waals surface area contributed by atoms with E-state index in [2.05, 4.69) is 42.0 Å². The summed E-state index contributed by atoms with van der Waals surface area (Å²) in [5.41, 5.74) is 2.94. The highest BCUT2D eigenvalue weighted by molar-refractivity contribution is 6.05. The van der Waals surface area contributed by atoms with Crippen LogP contribution < -0.4 is 10.2 Å². The Morgan fingerprint density at radius 1 is 1.04 bits per heavy atom. The quantitative estimate of drug-likeness (QED) is 0.780. The van der Waals surface area contributed by atoms with E-state index in [4.69, 9.17) is 0 Å². The molecule has 1 aromatic rings. The third-order valence-corrected chi connectivity index (χ3v) is 6.10. The highest BCUT2D eigenvalue weighted by Crippen LogP contribution is 2.31. The fourth-order valence-corrected chi connectivity index (χ4v) is 4.39. The molecule has 3 aliphatic heterocycles. The van der Waals surface area contributed by atoms with Crippen molar-refractivity contribution in [2.75, 3.05) is 31.1 Å². The number of piperidine rings is 1. The number of rotatable bonds is 2. The van der Waals surface area contributed by atoms with Gasteiger partial charge in [0.05, 0.1) is 0 Å². The number of fused-ring (bicyclic) bond motifs is 1. The maximum absolute atomic E-state index is 12.8.